The number of rotatable bonds is 6. The Kier molecular flexibility index (Phi) is 5.48. The maximum absolute atomic E-state index is 12.6. The smallest absolute Gasteiger partial charge is 0.361 e. The minimum absolute atomic E-state index is 0.129. The van der Waals surface area contributed by atoms with E-state index < -0.39 is 5.97 Å². The van der Waals surface area contributed by atoms with E-state index in [0.717, 1.165) is 16.8 Å². The van der Waals surface area contributed by atoms with Crippen LogP contribution in [0.25, 0.3) is 17.1 Å². The Balaban J connectivity index is 1.47. The van der Waals surface area contributed by atoms with Gasteiger partial charge in [0.15, 0.2) is 12.3 Å². The molecule has 0 saturated carbocycles. The third kappa shape index (κ3) is 4.16. The van der Waals surface area contributed by atoms with Gasteiger partial charge in [-0.1, -0.05) is 35.0 Å². The van der Waals surface area contributed by atoms with Crippen molar-refractivity contribution in [1.82, 2.24) is 25.1 Å². The van der Waals surface area contributed by atoms with Crippen LogP contribution in [0.5, 0.6) is 5.75 Å². The van der Waals surface area contributed by atoms with E-state index in [1.165, 1.54) is 4.80 Å². The lowest BCUT2D eigenvalue weighted by Crippen LogP contribution is -2.09. The molecule has 0 aliphatic heterocycles. The molecule has 2 heterocycles. The summed E-state index contributed by atoms with van der Waals surface area (Å²) in [5.41, 5.74) is 4.21. The minimum atomic E-state index is -0.620. The third-order valence-corrected chi connectivity index (χ3v) is 4.69. The molecule has 0 saturated heterocycles. The van der Waals surface area contributed by atoms with Crippen molar-refractivity contribution >= 4 is 5.97 Å². The zero-order valence-electron chi connectivity index (χ0n) is 17.6. The second kappa shape index (κ2) is 8.39. The zero-order valence-corrected chi connectivity index (χ0v) is 17.6. The summed E-state index contributed by atoms with van der Waals surface area (Å²) in [4.78, 5) is 18.3. The number of hydrogen-bond donors (Lipinski definition) is 0. The molecule has 9 heteroatoms. The largest absolute Gasteiger partial charge is 0.496 e. The van der Waals surface area contributed by atoms with Crippen LogP contribution >= 0.6 is 0 Å². The number of aromatic nitrogens is 5. The summed E-state index contributed by atoms with van der Waals surface area (Å²) < 4.78 is 15.8. The first-order valence-electron chi connectivity index (χ1n) is 9.61. The molecule has 4 aromatic rings. The van der Waals surface area contributed by atoms with E-state index >= 15 is 0 Å². The Hall–Kier alpha value is -4.01. The van der Waals surface area contributed by atoms with E-state index in [1.807, 2.05) is 50.2 Å². The topological polar surface area (TPSA) is 105 Å². The van der Waals surface area contributed by atoms with Gasteiger partial charge in [-0.25, -0.2) is 4.79 Å². The molecule has 0 atom stereocenters. The van der Waals surface area contributed by atoms with Gasteiger partial charge < -0.3 is 14.0 Å². The quantitative estimate of drug-likeness (QED) is 0.437. The fourth-order valence-electron chi connectivity index (χ4n) is 3.15. The van der Waals surface area contributed by atoms with Gasteiger partial charge in [-0.2, -0.15) is 14.9 Å². The molecule has 0 amide bonds. The monoisotopic (exact) mass is 419 g/mol. The fraction of sp³-hybridized carbons (Fsp3) is 0.227. The highest BCUT2D eigenvalue weighted by molar-refractivity contribution is 5.88. The van der Waals surface area contributed by atoms with Crippen LogP contribution in [0, 0.1) is 20.8 Å². The molecular weight excluding hydrogens is 398 g/mol. The fourth-order valence-corrected chi connectivity index (χ4v) is 3.15. The first kappa shape index (κ1) is 20.3. The highest BCUT2D eigenvalue weighted by atomic mass is 16.6. The number of nitrogens with zero attached hydrogens (tertiary/aromatic N) is 5. The van der Waals surface area contributed by atoms with Crippen molar-refractivity contribution in [3.63, 3.8) is 0 Å². The molecule has 0 fully saturated rings. The van der Waals surface area contributed by atoms with E-state index in [2.05, 4.69) is 20.3 Å². The van der Waals surface area contributed by atoms with Gasteiger partial charge in [-0.15, -0.1) is 5.10 Å². The van der Waals surface area contributed by atoms with Crippen molar-refractivity contribution in [3.8, 4) is 22.8 Å². The molecule has 4 rings (SSSR count). The van der Waals surface area contributed by atoms with Gasteiger partial charge in [0.1, 0.15) is 5.75 Å². The number of carbonyl (C=O) groups is 1. The Morgan fingerprint density at radius 3 is 2.68 bits per heavy atom. The zero-order chi connectivity index (χ0) is 22.0. The van der Waals surface area contributed by atoms with E-state index in [1.54, 1.807) is 20.1 Å². The van der Waals surface area contributed by atoms with E-state index in [0.29, 0.717) is 22.8 Å². The summed E-state index contributed by atoms with van der Waals surface area (Å²) in [5.74, 6) is 0.505. The lowest BCUT2D eigenvalue weighted by molar-refractivity contribution is 0.0421. The molecule has 0 N–H and O–H groups in total. The Morgan fingerprint density at radius 2 is 1.90 bits per heavy atom. The maximum atomic E-state index is 12.6. The van der Waals surface area contributed by atoms with Gasteiger partial charge in [0.05, 0.1) is 24.1 Å². The average Bonchev–Trinajstić information content (AvgIpc) is 3.39. The summed E-state index contributed by atoms with van der Waals surface area (Å²) in [6.07, 6.45) is 0. The molecule has 2 aromatic carbocycles. The number of hydrogen-bond acceptors (Lipinski definition) is 8. The van der Waals surface area contributed by atoms with Crippen molar-refractivity contribution < 1.29 is 18.8 Å². The number of benzene rings is 2. The van der Waals surface area contributed by atoms with Crippen LogP contribution in [0.3, 0.4) is 0 Å². The predicted octanol–water partition coefficient (Wildman–Crippen LogP) is 3.61. The van der Waals surface area contributed by atoms with E-state index in [4.69, 9.17) is 14.0 Å². The summed E-state index contributed by atoms with van der Waals surface area (Å²) >= 11 is 0. The number of carbonyl (C=O) groups excluding carboxylic acids is 1. The lowest BCUT2D eigenvalue weighted by atomic mass is 10.1. The second-order valence-corrected chi connectivity index (χ2v) is 7.00. The Morgan fingerprint density at radius 1 is 1.10 bits per heavy atom. The number of para-hydroxylation sites is 1. The van der Waals surface area contributed by atoms with Gasteiger partial charge in [0.2, 0.25) is 5.82 Å². The van der Waals surface area contributed by atoms with Gasteiger partial charge in [-0.05, 0) is 44.5 Å². The first-order valence-corrected chi connectivity index (χ1v) is 9.61. The summed E-state index contributed by atoms with van der Waals surface area (Å²) in [6, 6.07) is 13.2. The van der Waals surface area contributed by atoms with Gasteiger partial charge in [0, 0.05) is 0 Å². The van der Waals surface area contributed by atoms with Crippen LogP contribution < -0.4 is 4.74 Å². The molecule has 0 aliphatic carbocycles. The molecule has 9 nitrogen and oxygen atoms in total. The summed E-state index contributed by atoms with van der Waals surface area (Å²) in [7, 11) is 1.56. The number of methoxy groups -OCH3 is 1. The maximum Gasteiger partial charge on any atom is 0.361 e. The van der Waals surface area contributed by atoms with Crippen LogP contribution in [0.15, 0.2) is 47.0 Å². The molecule has 0 radical (unpaired) electrons. The van der Waals surface area contributed by atoms with Crippen molar-refractivity contribution in [2.24, 2.45) is 0 Å². The molecule has 0 bridgehead atoms. The van der Waals surface area contributed by atoms with Crippen molar-refractivity contribution in [1.29, 1.82) is 0 Å². The van der Waals surface area contributed by atoms with Crippen LogP contribution in [-0.2, 0) is 11.3 Å². The SMILES string of the molecule is COc1ccccc1-c1noc(COC(=O)c2nn(-c3ccc(C)cc3C)nc2C)n1. The number of aryl methyl sites for hydroxylation is 3. The van der Waals surface area contributed by atoms with Gasteiger partial charge >= 0.3 is 5.97 Å². The molecular formula is C22H21N5O4. The normalized spacial score (nSPS) is 10.8. The summed E-state index contributed by atoms with van der Waals surface area (Å²) in [5, 5.41) is 12.6. The molecule has 0 spiro atoms. The van der Waals surface area contributed by atoms with Crippen molar-refractivity contribution in [2.45, 2.75) is 27.4 Å². The predicted molar refractivity (Wildman–Crippen MR) is 111 cm³/mol. The standard InChI is InChI=1S/C22H21N5O4/c1-13-9-10-17(14(2)11-13)27-24-15(3)20(25-27)22(28)30-12-19-23-21(26-31-19)16-7-5-6-8-18(16)29-4/h5-11H,12H2,1-4H3. The highest BCUT2D eigenvalue weighted by Crippen LogP contribution is 2.27. The number of ether oxygens (including phenoxy) is 2. The second-order valence-electron chi connectivity index (χ2n) is 7.00. The van der Waals surface area contributed by atoms with Crippen molar-refractivity contribution in [2.75, 3.05) is 7.11 Å². The highest BCUT2D eigenvalue weighted by Gasteiger charge is 2.20. The molecule has 31 heavy (non-hydrogen) atoms. The van der Waals surface area contributed by atoms with Crippen LogP contribution in [0.4, 0.5) is 0 Å². The first-order chi connectivity index (χ1) is 15.0. The Bertz CT molecular complexity index is 1240. The van der Waals surface area contributed by atoms with Crippen LogP contribution in [0.2, 0.25) is 0 Å². The van der Waals surface area contributed by atoms with E-state index in [-0.39, 0.29) is 18.2 Å². The van der Waals surface area contributed by atoms with Gasteiger partial charge in [-0.3, -0.25) is 0 Å². The minimum Gasteiger partial charge on any atom is -0.496 e. The van der Waals surface area contributed by atoms with E-state index in [9.17, 15) is 4.79 Å². The number of esters is 1. The van der Waals surface area contributed by atoms with Gasteiger partial charge in [0.25, 0.3) is 5.89 Å². The average molecular weight is 419 g/mol. The molecule has 158 valence electrons. The summed E-state index contributed by atoms with van der Waals surface area (Å²) in [6.45, 7) is 5.50. The molecule has 2 aromatic heterocycles. The van der Waals surface area contributed by atoms with Crippen molar-refractivity contribution in [3.05, 3.63) is 70.9 Å². The Labute approximate surface area is 178 Å². The third-order valence-electron chi connectivity index (χ3n) is 4.69. The molecule has 0 unspecified atom stereocenters. The van der Waals surface area contributed by atoms with Crippen LogP contribution in [0.1, 0.15) is 33.2 Å². The van der Waals surface area contributed by atoms with Crippen LogP contribution in [-0.4, -0.2) is 38.2 Å². The lowest BCUT2D eigenvalue weighted by Gasteiger charge is -2.04. The molecule has 0 aliphatic rings.